The Morgan fingerprint density at radius 3 is 2.36 bits per heavy atom. The Balaban J connectivity index is 2.06. The first kappa shape index (κ1) is 18.5. The molecule has 0 aliphatic rings. The van der Waals surface area contributed by atoms with Gasteiger partial charge in [-0.3, -0.25) is 9.59 Å². The quantitative estimate of drug-likeness (QED) is 0.814. The van der Waals surface area contributed by atoms with Crippen LogP contribution >= 0.6 is 0 Å². The number of benzene rings is 2. The van der Waals surface area contributed by atoms with Crippen LogP contribution in [0.5, 0.6) is 0 Å². The number of primary amides is 1. The third-order valence-electron chi connectivity index (χ3n) is 4.08. The van der Waals surface area contributed by atoms with Crippen molar-refractivity contribution in [2.75, 3.05) is 11.4 Å². The molecule has 0 unspecified atom stereocenters. The fourth-order valence-corrected chi connectivity index (χ4v) is 2.68. The Hall–Kier alpha value is -2.82. The molecule has 132 valence electrons. The second kappa shape index (κ2) is 8.33. The zero-order valence-electron chi connectivity index (χ0n) is 15.0. The SMILES string of the molecule is Cc1cc(N(CC(=O)NCc2ccccc2)C(C)C)ccc1C(N)=O. The van der Waals surface area contributed by atoms with E-state index in [-0.39, 0.29) is 18.5 Å². The number of nitrogens with two attached hydrogens (primary N) is 1. The molecular weight excluding hydrogens is 314 g/mol. The van der Waals surface area contributed by atoms with E-state index >= 15 is 0 Å². The van der Waals surface area contributed by atoms with Crippen LogP contribution in [0, 0.1) is 6.92 Å². The molecule has 0 aliphatic heterocycles. The molecule has 25 heavy (non-hydrogen) atoms. The van der Waals surface area contributed by atoms with Crippen LogP contribution in [0.2, 0.25) is 0 Å². The first-order chi connectivity index (χ1) is 11.9. The minimum Gasteiger partial charge on any atom is -0.366 e. The molecule has 5 nitrogen and oxygen atoms in total. The Bertz CT molecular complexity index is 742. The maximum atomic E-state index is 12.3. The summed E-state index contributed by atoms with van der Waals surface area (Å²) < 4.78 is 0. The molecule has 0 saturated carbocycles. The van der Waals surface area contributed by atoms with E-state index in [1.54, 1.807) is 6.07 Å². The summed E-state index contributed by atoms with van der Waals surface area (Å²) in [5, 5.41) is 2.94. The molecule has 0 saturated heterocycles. The topological polar surface area (TPSA) is 75.4 Å². The average molecular weight is 339 g/mol. The van der Waals surface area contributed by atoms with Gasteiger partial charge in [-0.05, 0) is 50.1 Å². The van der Waals surface area contributed by atoms with Gasteiger partial charge in [0.25, 0.3) is 0 Å². The zero-order valence-corrected chi connectivity index (χ0v) is 15.0. The molecule has 0 atom stereocenters. The summed E-state index contributed by atoms with van der Waals surface area (Å²) in [6.07, 6.45) is 0. The Labute approximate surface area is 148 Å². The van der Waals surface area contributed by atoms with Gasteiger partial charge in [0, 0.05) is 23.8 Å². The number of hydrogen-bond donors (Lipinski definition) is 2. The van der Waals surface area contributed by atoms with Crippen molar-refractivity contribution < 1.29 is 9.59 Å². The van der Waals surface area contributed by atoms with Crippen molar-refractivity contribution in [2.24, 2.45) is 5.73 Å². The third-order valence-corrected chi connectivity index (χ3v) is 4.08. The maximum absolute atomic E-state index is 12.3. The van der Waals surface area contributed by atoms with E-state index in [2.05, 4.69) is 5.32 Å². The van der Waals surface area contributed by atoms with E-state index in [0.717, 1.165) is 16.8 Å². The van der Waals surface area contributed by atoms with Crippen molar-refractivity contribution in [3.05, 3.63) is 65.2 Å². The highest BCUT2D eigenvalue weighted by Crippen LogP contribution is 2.21. The van der Waals surface area contributed by atoms with E-state index in [1.165, 1.54) is 0 Å². The highest BCUT2D eigenvalue weighted by molar-refractivity contribution is 5.94. The van der Waals surface area contributed by atoms with Gasteiger partial charge >= 0.3 is 0 Å². The molecule has 0 spiro atoms. The second-order valence-corrected chi connectivity index (χ2v) is 6.35. The van der Waals surface area contributed by atoms with Crippen LogP contribution in [0.1, 0.15) is 35.3 Å². The molecule has 2 rings (SSSR count). The molecule has 0 fully saturated rings. The number of carbonyl (C=O) groups excluding carboxylic acids is 2. The van der Waals surface area contributed by atoms with Crippen LogP contribution < -0.4 is 16.0 Å². The number of aryl methyl sites for hydroxylation is 1. The number of rotatable bonds is 7. The minimum atomic E-state index is -0.444. The summed E-state index contributed by atoms with van der Waals surface area (Å²) in [5.74, 6) is -0.491. The third kappa shape index (κ3) is 5.08. The van der Waals surface area contributed by atoms with E-state index in [9.17, 15) is 9.59 Å². The zero-order chi connectivity index (χ0) is 18.4. The molecule has 0 radical (unpaired) electrons. The first-order valence-corrected chi connectivity index (χ1v) is 8.36. The number of anilines is 1. The van der Waals surface area contributed by atoms with Gasteiger partial charge in [0.2, 0.25) is 11.8 Å². The standard InChI is InChI=1S/C20H25N3O2/c1-14(2)23(17-9-10-18(20(21)25)15(3)11-17)13-19(24)22-12-16-7-5-4-6-8-16/h4-11,14H,12-13H2,1-3H3,(H2,21,25)(H,22,24). The fourth-order valence-electron chi connectivity index (χ4n) is 2.68. The highest BCUT2D eigenvalue weighted by Gasteiger charge is 2.16. The normalized spacial score (nSPS) is 10.6. The van der Waals surface area contributed by atoms with Crippen LogP contribution in [-0.4, -0.2) is 24.4 Å². The lowest BCUT2D eigenvalue weighted by Gasteiger charge is -2.29. The Kier molecular flexibility index (Phi) is 6.17. The Morgan fingerprint density at radius 2 is 1.80 bits per heavy atom. The van der Waals surface area contributed by atoms with Crippen molar-refractivity contribution in [3.8, 4) is 0 Å². The number of amides is 2. The van der Waals surface area contributed by atoms with Crippen LogP contribution in [0.3, 0.4) is 0 Å². The summed E-state index contributed by atoms with van der Waals surface area (Å²) in [5.41, 5.74) is 8.63. The number of hydrogen-bond acceptors (Lipinski definition) is 3. The first-order valence-electron chi connectivity index (χ1n) is 8.36. The van der Waals surface area contributed by atoms with Gasteiger partial charge in [0.1, 0.15) is 0 Å². The van der Waals surface area contributed by atoms with E-state index < -0.39 is 5.91 Å². The largest absolute Gasteiger partial charge is 0.366 e. The van der Waals surface area contributed by atoms with Crippen molar-refractivity contribution in [1.29, 1.82) is 0 Å². The highest BCUT2D eigenvalue weighted by atomic mass is 16.2. The second-order valence-electron chi connectivity index (χ2n) is 6.35. The molecular formula is C20H25N3O2. The molecule has 2 amide bonds. The van der Waals surface area contributed by atoms with Gasteiger partial charge in [0.05, 0.1) is 6.54 Å². The Morgan fingerprint density at radius 1 is 1.12 bits per heavy atom. The van der Waals surface area contributed by atoms with Crippen LogP contribution in [0.15, 0.2) is 48.5 Å². The minimum absolute atomic E-state index is 0.0471. The summed E-state index contributed by atoms with van der Waals surface area (Å²) in [4.78, 5) is 25.7. The van der Waals surface area contributed by atoms with E-state index in [1.807, 2.05) is 68.1 Å². The molecule has 0 heterocycles. The fraction of sp³-hybridized carbons (Fsp3) is 0.300. The molecule has 2 aromatic carbocycles. The predicted molar refractivity (Wildman–Crippen MR) is 100 cm³/mol. The van der Waals surface area contributed by atoms with Crippen LogP contribution in [0.4, 0.5) is 5.69 Å². The molecule has 3 N–H and O–H groups in total. The van der Waals surface area contributed by atoms with Crippen LogP contribution in [0.25, 0.3) is 0 Å². The molecule has 5 heteroatoms. The lowest BCUT2D eigenvalue weighted by Crippen LogP contribution is -2.40. The van der Waals surface area contributed by atoms with Gasteiger partial charge in [-0.25, -0.2) is 0 Å². The predicted octanol–water partition coefficient (Wildman–Crippen LogP) is 2.63. The van der Waals surface area contributed by atoms with Gasteiger partial charge in [-0.1, -0.05) is 30.3 Å². The number of nitrogens with one attached hydrogen (secondary N) is 1. The number of carbonyl (C=O) groups is 2. The summed E-state index contributed by atoms with van der Waals surface area (Å²) in [6.45, 7) is 6.66. The van der Waals surface area contributed by atoms with E-state index in [4.69, 9.17) is 5.73 Å². The average Bonchev–Trinajstić information content (AvgIpc) is 2.58. The monoisotopic (exact) mass is 339 g/mol. The van der Waals surface area contributed by atoms with Gasteiger partial charge in [-0.2, -0.15) is 0 Å². The van der Waals surface area contributed by atoms with Gasteiger partial charge in [0.15, 0.2) is 0 Å². The molecule has 2 aromatic rings. The smallest absolute Gasteiger partial charge is 0.248 e. The number of nitrogens with zero attached hydrogens (tertiary/aromatic N) is 1. The van der Waals surface area contributed by atoms with Crippen molar-refractivity contribution >= 4 is 17.5 Å². The van der Waals surface area contributed by atoms with Crippen LogP contribution in [-0.2, 0) is 11.3 Å². The molecule has 0 aliphatic carbocycles. The summed E-state index contributed by atoms with van der Waals surface area (Å²) in [7, 11) is 0. The van der Waals surface area contributed by atoms with E-state index in [0.29, 0.717) is 12.1 Å². The summed E-state index contributed by atoms with van der Waals surface area (Å²) in [6, 6.07) is 15.4. The van der Waals surface area contributed by atoms with Crippen molar-refractivity contribution in [2.45, 2.75) is 33.4 Å². The molecule has 0 bridgehead atoms. The lowest BCUT2D eigenvalue weighted by molar-refractivity contribution is -0.120. The maximum Gasteiger partial charge on any atom is 0.248 e. The van der Waals surface area contributed by atoms with Crippen molar-refractivity contribution in [1.82, 2.24) is 5.32 Å². The summed E-state index contributed by atoms with van der Waals surface area (Å²) >= 11 is 0. The van der Waals surface area contributed by atoms with Gasteiger partial charge < -0.3 is 16.0 Å². The molecule has 0 aromatic heterocycles. The van der Waals surface area contributed by atoms with Gasteiger partial charge in [-0.15, -0.1) is 0 Å². The lowest BCUT2D eigenvalue weighted by atomic mass is 10.1. The van der Waals surface area contributed by atoms with Crippen molar-refractivity contribution in [3.63, 3.8) is 0 Å².